The van der Waals surface area contributed by atoms with Crippen LogP contribution in [0.1, 0.15) is 23.2 Å². The molecule has 0 bridgehead atoms. The van der Waals surface area contributed by atoms with Gasteiger partial charge in [0, 0.05) is 35.6 Å². The molecule has 10 heteroatoms. The Labute approximate surface area is 192 Å². The molecular formula is C23H21F3N4O2S. The molecular weight excluding hydrogens is 453 g/mol. The summed E-state index contributed by atoms with van der Waals surface area (Å²) >= 11 is 1.20. The molecule has 0 radical (unpaired) electrons. The Morgan fingerprint density at radius 3 is 2.45 bits per heavy atom. The summed E-state index contributed by atoms with van der Waals surface area (Å²) in [6, 6.07) is 8.90. The van der Waals surface area contributed by atoms with Crippen molar-refractivity contribution < 1.29 is 22.8 Å². The normalized spacial score (nSPS) is 14.8. The molecule has 2 N–H and O–H groups in total. The number of rotatable bonds is 6. The van der Waals surface area contributed by atoms with E-state index in [0.717, 1.165) is 12.1 Å². The molecule has 0 unspecified atom stereocenters. The van der Waals surface area contributed by atoms with Crippen molar-refractivity contribution in [1.82, 2.24) is 15.2 Å². The second-order valence-electron chi connectivity index (χ2n) is 7.75. The molecule has 1 saturated heterocycles. The lowest BCUT2D eigenvalue weighted by Gasteiger charge is -2.31. The van der Waals surface area contributed by atoms with E-state index in [4.69, 9.17) is 0 Å². The first-order valence-corrected chi connectivity index (χ1v) is 11.2. The Bertz CT molecular complexity index is 1140. The van der Waals surface area contributed by atoms with Gasteiger partial charge in [-0.1, -0.05) is 0 Å². The summed E-state index contributed by atoms with van der Waals surface area (Å²) in [7, 11) is 0. The first-order chi connectivity index (χ1) is 15.9. The number of carbonyl (C=O) groups excluding carboxylic acids is 2. The van der Waals surface area contributed by atoms with E-state index in [9.17, 15) is 22.8 Å². The maximum absolute atomic E-state index is 13.4. The molecule has 0 spiro atoms. The number of thiazole rings is 1. The van der Waals surface area contributed by atoms with Crippen LogP contribution in [0, 0.1) is 17.5 Å². The van der Waals surface area contributed by atoms with Crippen LogP contribution in [0.4, 0.5) is 18.3 Å². The molecule has 4 rings (SSSR count). The number of hydrogen-bond acceptors (Lipinski definition) is 5. The van der Waals surface area contributed by atoms with Gasteiger partial charge in [0.25, 0.3) is 5.91 Å². The van der Waals surface area contributed by atoms with Crippen molar-refractivity contribution in [3.8, 4) is 11.3 Å². The molecule has 3 aromatic rings. The van der Waals surface area contributed by atoms with Crippen molar-refractivity contribution in [2.75, 3.05) is 25.0 Å². The number of piperidine rings is 1. The fourth-order valence-corrected chi connectivity index (χ4v) is 4.32. The molecule has 172 valence electrons. The summed E-state index contributed by atoms with van der Waals surface area (Å²) in [6.07, 6.45) is 1.38. The molecule has 33 heavy (non-hydrogen) atoms. The largest absolute Gasteiger partial charge is 0.349 e. The van der Waals surface area contributed by atoms with Gasteiger partial charge in [-0.25, -0.2) is 18.2 Å². The van der Waals surface area contributed by atoms with E-state index in [1.54, 1.807) is 5.38 Å². The van der Waals surface area contributed by atoms with E-state index in [2.05, 4.69) is 15.6 Å². The molecule has 0 aliphatic carbocycles. The van der Waals surface area contributed by atoms with Gasteiger partial charge < -0.3 is 10.6 Å². The minimum atomic E-state index is -0.955. The topological polar surface area (TPSA) is 74.3 Å². The maximum Gasteiger partial charge on any atom is 0.251 e. The average Bonchev–Trinajstić information content (AvgIpc) is 3.25. The Kier molecular flexibility index (Phi) is 7.05. The van der Waals surface area contributed by atoms with Crippen LogP contribution >= 0.6 is 11.3 Å². The summed E-state index contributed by atoms with van der Waals surface area (Å²) in [5.41, 5.74) is 1.28. The third kappa shape index (κ3) is 5.96. The zero-order valence-electron chi connectivity index (χ0n) is 17.5. The van der Waals surface area contributed by atoms with Crippen LogP contribution in [-0.2, 0) is 4.79 Å². The number of aromatic nitrogens is 1. The number of amides is 2. The van der Waals surface area contributed by atoms with Gasteiger partial charge in [-0.3, -0.25) is 14.5 Å². The third-order valence-corrected chi connectivity index (χ3v) is 6.12. The fourth-order valence-electron chi connectivity index (χ4n) is 3.59. The molecule has 1 aliphatic heterocycles. The Morgan fingerprint density at radius 1 is 1.03 bits per heavy atom. The van der Waals surface area contributed by atoms with Crippen LogP contribution in [0.25, 0.3) is 11.3 Å². The zero-order valence-corrected chi connectivity index (χ0v) is 18.3. The van der Waals surface area contributed by atoms with Gasteiger partial charge in [-0.05, 0) is 55.3 Å². The number of hydrogen-bond donors (Lipinski definition) is 2. The van der Waals surface area contributed by atoms with Gasteiger partial charge in [0.2, 0.25) is 5.91 Å². The number of anilines is 1. The summed E-state index contributed by atoms with van der Waals surface area (Å²) in [5.74, 6) is -2.75. The number of nitrogens with one attached hydrogen (secondary N) is 2. The van der Waals surface area contributed by atoms with Crippen molar-refractivity contribution >= 4 is 28.3 Å². The smallest absolute Gasteiger partial charge is 0.251 e. The van der Waals surface area contributed by atoms with Gasteiger partial charge in [0.05, 0.1) is 12.2 Å². The van der Waals surface area contributed by atoms with E-state index >= 15 is 0 Å². The van der Waals surface area contributed by atoms with Crippen LogP contribution in [-0.4, -0.2) is 47.4 Å². The van der Waals surface area contributed by atoms with Crippen LogP contribution in [0.2, 0.25) is 0 Å². The van der Waals surface area contributed by atoms with Gasteiger partial charge in [-0.2, -0.15) is 0 Å². The van der Waals surface area contributed by atoms with Crippen LogP contribution in [0.3, 0.4) is 0 Å². The van der Waals surface area contributed by atoms with Crippen molar-refractivity contribution in [2.24, 2.45) is 0 Å². The highest BCUT2D eigenvalue weighted by Crippen LogP contribution is 2.26. The Hall–Kier alpha value is -3.24. The maximum atomic E-state index is 13.4. The monoisotopic (exact) mass is 474 g/mol. The molecule has 0 saturated carbocycles. The first kappa shape index (κ1) is 22.9. The number of benzene rings is 2. The van der Waals surface area contributed by atoms with Gasteiger partial charge >= 0.3 is 0 Å². The van der Waals surface area contributed by atoms with Crippen molar-refractivity contribution in [2.45, 2.75) is 18.9 Å². The van der Waals surface area contributed by atoms with Gasteiger partial charge in [-0.15, -0.1) is 11.3 Å². The van der Waals surface area contributed by atoms with E-state index < -0.39 is 17.5 Å². The van der Waals surface area contributed by atoms with Crippen LogP contribution in [0.5, 0.6) is 0 Å². The van der Waals surface area contributed by atoms with Crippen LogP contribution in [0.15, 0.2) is 47.8 Å². The highest BCUT2D eigenvalue weighted by molar-refractivity contribution is 7.14. The quantitative estimate of drug-likeness (QED) is 0.565. The Morgan fingerprint density at radius 2 is 1.76 bits per heavy atom. The van der Waals surface area contributed by atoms with Crippen LogP contribution < -0.4 is 10.6 Å². The number of nitrogens with zero attached hydrogens (tertiary/aromatic N) is 2. The minimum absolute atomic E-state index is 0.0144. The molecule has 2 amide bonds. The Balaban J connectivity index is 1.23. The van der Waals surface area contributed by atoms with E-state index in [-0.39, 0.29) is 24.4 Å². The molecule has 6 nitrogen and oxygen atoms in total. The lowest BCUT2D eigenvalue weighted by atomic mass is 10.0. The molecule has 1 fully saturated rings. The van der Waals surface area contributed by atoms with E-state index in [1.807, 2.05) is 4.90 Å². The lowest BCUT2D eigenvalue weighted by molar-refractivity contribution is -0.117. The van der Waals surface area contributed by atoms with Crippen molar-refractivity contribution in [1.29, 1.82) is 0 Å². The standard InChI is InChI=1S/C23H21F3N4O2S/c24-16-4-1-14(2-5-16)22(32)27-17-7-9-30(10-8-17)12-21(31)29-23-28-20(13-33-23)15-3-6-18(25)19(26)11-15/h1-6,11,13,17H,7-10,12H2,(H,27,32)(H,28,29,31). The number of halogens is 3. The predicted octanol–water partition coefficient (Wildman–Crippen LogP) is 4.06. The van der Waals surface area contributed by atoms with Gasteiger partial charge in [0.15, 0.2) is 16.8 Å². The van der Waals surface area contributed by atoms with Gasteiger partial charge in [0.1, 0.15) is 5.82 Å². The SMILES string of the molecule is O=C(CN1CCC(NC(=O)c2ccc(F)cc2)CC1)Nc1nc(-c2ccc(F)c(F)c2)cs1. The second kappa shape index (κ2) is 10.1. The zero-order chi connectivity index (χ0) is 23.4. The molecule has 1 aromatic heterocycles. The highest BCUT2D eigenvalue weighted by atomic mass is 32.1. The molecule has 1 aliphatic rings. The second-order valence-corrected chi connectivity index (χ2v) is 8.60. The summed E-state index contributed by atoms with van der Waals surface area (Å²) in [6.45, 7) is 1.46. The number of carbonyl (C=O) groups is 2. The van der Waals surface area contributed by atoms with Crippen molar-refractivity contribution in [3.05, 3.63) is 70.9 Å². The molecule has 2 heterocycles. The summed E-state index contributed by atoms with van der Waals surface area (Å²) in [5, 5.41) is 7.72. The predicted molar refractivity (Wildman–Crippen MR) is 119 cm³/mol. The summed E-state index contributed by atoms with van der Waals surface area (Å²) in [4.78, 5) is 30.9. The van der Waals surface area contributed by atoms with E-state index in [1.165, 1.54) is 41.7 Å². The first-order valence-electron chi connectivity index (χ1n) is 10.4. The molecule has 0 atom stereocenters. The summed E-state index contributed by atoms with van der Waals surface area (Å²) < 4.78 is 39.5. The fraction of sp³-hybridized carbons (Fsp3) is 0.261. The highest BCUT2D eigenvalue weighted by Gasteiger charge is 2.23. The molecule has 2 aromatic carbocycles. The van der Waals surface area contributed by atoms with Crippen molar-refractivity contribution in [3.63, 3.8) is 0 Å². The minimum Gasteiger partial charge on any atom is -0.349 e. The third-order valence-electron chi connectivity index (χ3n) is 5.36. The average molecular weight is 475 g/mol. The number of likely N-dealkylation sites (tertiary alicyclic amines) is 1. The van der Waals surface area contributed by atoms with E-state index in [0.29, 0.717) is 47.9 Å². The lowest BCUT2D eigenvalue weighted by Crippen LogP contribution is -2.46.